The predicted octanol–water partition coefficient (Wildman–Crippen LogP) is 0.479. The van der Waals surface area contributed by atoms with Crippen LogP contribution in [0.2, 0.25) is 0 Å². The molecule has 0 aliphatic heterocycles. The van der Waals surface area contributed by atoms with Crippen molar-refractivity contribution < 1.29 is 14.7 Å². The van der Waals surface area contributed by atoms with E-state index in [4.69, 9.17) is 5.11 Å². The Labute approximate surface area is 82.7 Å². The molecule has 1 amide bonds. The van der Waals surface area contributed by atoms with Gasteiger partial charge in [-0.1, -0.05) is 0 Å². The highest BCUT2D eigenvalue weighted by molar-refractivity contribution is 5.85. The molecule has 0 spiro atoms. The summed E-state index contributed by atoms with van der Waals surface area (Å²) in [5, 5.41) is 11.6. The molecule has 0 aromatic carbocycles. The maximum absolute atomic E-state index is 11.5. The van der Waals surface area contributed by atoms with Crippen molar-refractivity contribution in [3.05, 3.63) is 0 Å². The minimum Gasteiger partial charge on any atom is -0.481 e. The fourth-order valence-electron chi connectivity index (χ4n) is 3.19. The van der Waals surface area contributed by atoms with Crippen molar-refractivity contribution >= 4 is 11.9 Å². The highest BCUT2D eigenvalue weighted by atomic mass is 16.4. The maximum Gasteiger partial charge on any atom is 0.307 e. The van der Waals surface area contributed by atoms with Gasteiger partial charge in [-0.15, -0.1) is 0 Å². The molecule has 4 heteroatoms. The van der Waals surface area contributed by atoms with E-state index in [-0.39, 0.29) is 17.7 Å². The number of hydrogen-bond donors (Lipinski definition) is 2. The molecule has 0 saturated heterocycles. The summed E-state index contributed by atoms with van der Waals surface area (Å²) < 4.78 is 0. The summed E-state index contributed by atoms with van der Waals surface area (Å²) in [6.45, 7) is 0. The van der Waals surface area contributed by atoms with Crippen LogP contribution in [-0.4, -0.2) is 24.0 Å². The quantitative estimate of drug-likeness (QED) is 0.676. The molecule has 78 valence electrons. The standard InChI is InChI=1S/C10H15NO3/c1-11-9(12)7-5-2-3-6(4-5)8(7)10(13)14/h5-8H,2-4H2,1H3,(H,11,12)(H,13,14)/t5-,6?,7?,8?/m0/s1. The topological polar surface area (TPSA) is 66.4 Å². The predicted molar refractivity (Wildman–Crippen MR) is 49.5 cm³/mol. The molecule has 2 aliphatic carbocycles. The first-order valence-corrected chi connectivity index (χ1v) is 5.09. The Morgan fingerprint density at radius 3 is 2.29 bits per heavy atom. The molecule has 0 aromatic rings. The number of carboxylic acids is 1. The summed E-state index contributed by atoms with van der Waals surface area (Å²) >= 11 is 0. The number of carboxylic acid groups (broad SMARTS) is 1. The number of amides is 1. The Hall–Kier alpha value is -1.06. The van der Waals surface area contributed by atoms with Gasteiger partial charge in [-0.05, 0) is 31.1 Å². The molecule has 14 heavy (non-hydrogen) atoms. The first-order valence-electron chi connectivity index (χ1n) is 5.09. The molecule has 2 rings (SSSR count). The van der Waals surface area contributed by atoms with Crippen LogP contribution in [0.15, 0.2) is 0 Å². The molecule has 4 atom stereocenters. The molecule has 0 heterocycles. The molecule has 2 fully saturated rings. The van der Waals surface area contributed by atoms with Crippen LogP contribution in [0.4, 0.5) is 0 Å². The zero-order valence-corrected chi connectivity index (χ0v) is 8.19. The van der Waals surface area contributed by atoms with Crippen LogP contribution in [0, 0.1) is 23.7 Å². The van der Waals surface area contributed by atoms with Crippen molar-refractivity contribution in [2.24, 2.45) is 23.7 Å². The van der Waals surface area contributed by atoms with Crippen LogP contribution in [-0.2, 0) is 9.59 Å². The molecule has 2 aliphatic rings. The minimum atomic E-state index is -0.800. The van der Waals surface area contributed by atoms with Crippen LogP contribution < -0.4 is 5.32 Å². The Bertz CT molecular complexity index is 277. The Balaban J connectivity index is 2.21. The summed E-state index contributed by atoms with van der Waals surface area (Å²) in [6.07, 6.45) is 2.93. The number of carbonyl (C=O) groups is 2. The summed E-state index contributed by atoms with van der Waals surface area (Å²) in [5.74, 6) is -1.07. The van der Waals surface area contributed by atoms with Crippen LogP contribution in [0.5, 0.6) is 0 Å². The summed E-state index contributed by atoms with van der Waals surface area (Å²) in [7, 11) is 1.58. The van der Waals surface area contributed by atoms with Gasteiger partial charge in [0.05, 0.1) is 11.8 Å². The first-order chi connectivity index (χ1) is 6.65. The van der Waals surface area contributed by atoms with Crippen LogP contribution >= 0.6 is 0 Å². The lowest BCUT2D eigenvalue weighted by Gasteiger charge is -2.26. The molecule has 2 saturated carbocycles. The lowest BCUT2D eigenvalue weighted by atomic mass is 9.79. The number of rotatable bonds is 2. The number of carbonyl (C=O) groups excluding carboxylic acids is 1. The highest BCUT2D eigenvalue weighted by Gasteiger charge is 2.53. The van der Waals surface area contributed by atoms with Gasteiger partial charge in [0, 0.05) is 7.05 Å². The van der Waals surface area contributed by atoms with Crippen molar-refractivity contribution in [2.75, 3.05) is 7.05 Å². The zero-order valence-electron chi connectivity index (χ0n) is 8.19. The fourth-order valence-corrected chi connectivity index (χ4v) is 3.19. The Kier molecular flexibility index (Phi) is 2.21. The molecular formula is C10H15NO3. The van der Waals surface area contributed by atoms with E-state index >= 15 is 0 Å². The zero-order chi connectivity index (χ0) is 10.3. The van der Waals surface area contributed by atoms with E-state index < -0.39 is 11.9 Å². The van der Waals surface area contributed by atoms with Crippen molar-refractivity contribution in [1.82, 2.24) is 5.32 Å². The van der Waals surface area contributed by atoms with E-state index in [0.717, 1.165) is 19.3 Å². The average molecular weight is 197 g/mol. The molecule has 3 unspecified atom stereocenters. The molecule has 0 aromatic heterocycles. The second-order valence-electron chi connectivity index (χ2n) is 4.34. The third-order valence-electron chi connectivity index (χ3n) is 3.75. The van der Waals surface area contributed by atoms with Crippen LogP contribution in [0.3, 0.4) is 0 Å². The first kappa shape index (κ1) is 9.49. The van der Waals surface area contributed by atoms with E-state index in [9.17, 15) is 9.59 Å². The number of nitrogens with one attached hydrogen (secondary N) is 1. The Morgan fingerprint density at radius 2 is 1.79 bits per heavy atom. The van der Waals surface area contributed by atoms with E-state index in [0.29, 0.717) is 5.92 Å². The van der Waals surface area contributed by atoms with Gasteiger partial charge in [0.1, 0.15) is 0 Å². The van der Waals surface area contributed by atoms with E-state index in [2.05, 4.69) is 5.32 Å². The largest absolute Gasteiger partial charge is 0.481 e. The number of hydrogen-bond acceptors (Lipinski definition) is 2. The third kappa shape index (κ3) is 1.21. The van der Waals surface area contributed by atoms with Gasteiger partial charge in [-0.25, -0.2) is 0 Å². The summed E-state index contributed by atoms with van der Waals surface area (Å²) in [6, 6.07) is 0. The number of fused-ring (bicyclic) bond motifs is 2. The smallest absolute Gasteiger partial charge is 0.307 e. The second kappa shape index (κ2) is 3.26. The fraction of sp³-hybridized carbons (Fsp3) is 0.800. The SMILES string of the molecule is CNC(=O)C1C(C(=O)O)C2CC[C@H]1C2. The van der Waals surface area contributed by atoms with Gasteiger partial charge in [-0.2, -0.15) is 0 Å². The number of aliphatic carboxylic acids is 1. The third-order valence-corrected chi connectivity index (χ3v) is 3.75. The molecule has 0 radical (unpaired) electrons. The lowest BCUT2D eigenvalue weighted by Crippen LogP contribution is -2.39. The van der Waals surface area contributed by atoms with Crippen molar-refractivity contribution in [1.29, 1.82) is 0 Å². The van der Waals surface area contributed by atoms with Gasteiger partial charge >= 0.3 is 5.97 Å². The lowest BCUT2D eigenvalue weighted by molar-refractivity contribution is -0.149. The highest BCUT2D eigenvalue weighted by Crippen LogP contribution is 2.52. The summed E-state index contributed by atoms with van der Waals surface area (Å²) in [4.78, 5) is 22.6. The van der Waals surface area contributed by atoms with Crippen LogP contribution in [0.1, 0.15) is 19.3 Å². The van der Waals surface area contributed by atoms with Gasteiger partial charge in [0.25, 0.3) is 0 Å². The monoisotopic (exact) mass is 197 g/mol. The molecule has 2 N–H and O–H groups in total. The maximum atomic E-state index is 11.5. The van der Waals surface area contributed by atoms with Gasteiger partial charge in [-0.3, -0.25) is 9.59 Å². The average Bonchev–Trinajstić information content (AvgIpc) is 2.74. The van der Waals surface area contributed by atoms with Gasteiger partial charge in [0.2, 0.25) is 5.91 Å². The molecular weight excluding hydrogens is 182 g/mol. The molecule has 2 bridgehead atoms. The minimum absolute atomic E-state index is 0.0930. The van der Waals surface area contributed by atoms with E-state index in [1.807, 2.05) is 0 Å². The normalized spacial score (nSPS) is 39.8. The molecule has 4 nitrogen and oxygen atoms in total. The van der Waals surface area contributed by atoms with Gasteiger partial charge in [0.15, 0.2) is 0 Å². The van der Waals surface area contributed by atoms with E-state index in [1.54, 1.807) is 7.05 Å². The second-order valence-corrected chi connectivity index (χ2v) is 4.34. The van der Waals surface area contributed by atoms with E-state index in [1.165, 1.54) is 0 Å². The van der Waals surface area contributed by atoms with Crippen molar-refractivity contribution in [3.8, 4) is 0 Å². The van der Waals surface area contributed by atoms with Crippen molar-refractivity contribution in [3.63, 3.8) is 0 Å². The van der Waals surface area contributed by atoms with Crippen LogP contribution in [0.25, 0.3) is 0 Å². The Morgan fingerprint density at radius 1 is 1.21 bits per heavy atom. The van der Waals surface area contributed by atoms with Crippen molar-refractivity contribution in [2.45, 2.75) is 19.3 Å². The summed E-state index contributed by atoms with van der Waals surface area (Å²) in [5.41, 5.74) is 0. The van der Waals surface area contributed by atoms with Gasteiger partial charge < -0.3 is 10.4 Å².